The molecule has 7 nitrogen and oxygen atoms in total. The molecular weight excluding hydrogens is 283 g/mol. The molecule has 0 aromatic carbocycles. The standard InChI is InChI=1S/C11H17BN2O5S/c1-10(2)11(3,4)19-12(18-10)7-6-14-9(15)5-8(7)20(13,16)17/h5-6H,1-4H3,(H,14,15)(H2,13,16,17). The first kappa shape index (κ1) is 15.2. The summed E-state index contributed by atoms with van der Waals surface area (Å²) >= 11 is 0. The summed E-state index contributed by atoms with van der Waals surface area (Å²) in [5.74, 6) is 0. The maximum atomic E-state index is 11.6. The molecule has 0 radical (unpaired) electrons. The van der Waals surface area contributed by atoms with Crippen LogP contribution in [0.3, 0.4) is 0 Å². The van der Waals surface area contributed by atoms with Crippen LogP contribution in [0.5, 0.6) is 0 Å². The summed E-state index contributed by atoms with van der Waals surface area (Å²) in [6.07, 6.45) is 1.25. The first-order chi connectivity index (χ1) is 8.94. The van der Waals surface area contributed by atoms with Crippen LogP contribution in [0.1, 0.15) is 27.7 Å². The molecule has 3 N–H and O–H groups in total. The molecule has 1 aromatic rings. The summed E-state index contributed by atoms with van der Waals surface area (Å²) in [4.78, 5) is 13.4. The van der Waals surface area contributed by atoms with E-state index in [1.165, 1.54) is 6.20 Å². The number of primary sulfonamides is 1. The Morgan fingerprint density at radius 3 is 2.15 bits per heavy atom. The summed E-state index contributed by atoms with van der Waals surface area (Å²) < 4.78 is 34.7. The molecule has 20 heavy (non-hydrogen) atoms. The van der Waals surface area contributed by atoms with Crippen LogP contribution in [0, 0.1) is 0 Å². The topological polar surface area (TPSA) is 111 Å². The zero-order chi connectivity index (χ0) is 15.3. The average molecular weight is 300 g/mol. The molecule has 0 bridgehead atoms. The number of sulfonamides is 1. The number of nitrogens with one attached hydrogen (secondary N) is 1. The Kier molecular flexibility index (Phi) is 3.37. The van der Waals surface area contributed by atoms with Crippen LogP contribution in [-0.2, 0) is 19.3 Å². The number of hydrogen-bond donors (Lipinski definition) is 2. The second-order valence-electron chi connectivity index (χ2n) is 5.75. The van der Waals surface area contributed by atoms with E-state index in [1.54, 1.807) is 0 Å². The summed E-state index contributed by atoms with van der Waals surface area (Å²) in [6.45, 7) is 7.37. The van der Waals surface area contributed by atoms with E-state index in [-0.39, 0.29) is 10.4 Å². The van der Waals surface area contributed by atoms with Gasteiger partial charge in [-0.15, -0.1) is 0 Å². The van der Waals surface area contributed by atoms with Gasteiger partial charge in [0.1, 0.15) is 0 Å². The molecule has 2 heterocycles. The summed E-state index contributed by atoms with van der Waals surface area (Å²) in [6, 6.07) is 0.926. The lowest BCUT2D eigenvalue weighted by atomic mass is 9.80. The van der Waals surface area contributed by atoms with Crippen LogP contribution in [-0.4, -0.2) is 31.7 Å². The first-order valence-corrected chi connectivity index (χ1v) is 7.60. The van der Waals surface area contributed by atoms with Crippen molar-refractivity contribution >= 4 is 22.6 Å². The van der Waals surface area contributed by atoms with Gasteiger partial charge in [-0.3, -0.25) is 4.79 Å². The summed E-state index contributed by atoms with van der Waals surface area (Å²) in [5, 5.41) is 5.14. The van der Waals surface area contributed by atoms with Crippen molar-refractivity contribution in [3.8, 4) is 0 Å². The summed E-state index contributed by atoms with van der Waals surface area (Å²) in [7, 11) is -4.96. The monoisotopic (exact) mass is 300 g/mol. The molecule has 0 unspecified atom stereocenters. The SMILES string of the molecule is CC1(C)OB(c2c[nH]c(=O)cc2S(N)(=O)=O)OC1(C)C. The molecule has 1 aliphatic heterocycles. The third kappa shape index (κ3) is 2.53. The molecule has 1 aliphatic rings. The zero-order valence-electron chi connectivity index (χ0n) is 11.8. The molecule has 9 heteroatoms. The second-order valence-corrected chi connectivity index (χ2v) is 7.28. The van der Waals surface area contributed by atoms with Crippen molar-refractivity contribution in [3.05, 3.63) is 22.6 Å². The molecule has 110 valence electrons. The number of aromatic amines is 1. The molecule has 1 aromatic heterocycles. The lowest BCUT2D eigenvalue weighted by molar-refractivity contribution is 0.00578. The highest BCUT2D eigenvalue weighted by atomic mass is 32.2. The minimum absolute atomic E-state index is 0.186. The lowest BCUT2D eigenvalue weighted by Gasteiger charge is -2.32. The van der Waals surface area contributed by atoms with Gasteiger partial charge in [0.15, 0.2) is 0 Å². The normalized spacial score (nSPS) is 21.1. The largest absolute Gasteiger partial charge is 0.497 e. The van der Waals surface area contributed by atoms with Gasteiger partial charge in [0, 0.05) is 17.7 Å². The molecule has 1 fully saturated rings. The third-order valence-electron chi connectivity index (χ3n) is 3.73. The molecule has 0 amide bonds. The van der Waals surface area contributed by atoms with E-state index in [0.717, 1.165) is 6.07 Å². The van der Waals surface area contributed by atoms with E-state index < -0.39 is 33.9 Å². The Morgan fingerprint density at radius 1 is 1.20 bits per heavy atom. The smallest absolute Gasteiger partial charge is 0.399 e. The minimum Gasteiger partial charge on any atom is -0.399 e. The molecule has 0 atom stereocenters. The van der Waals surface area contributed by atoms with Crippen molar-refractivity contribution < 1.29 is 17.7 Å². The van der Waals surface area contributed by atoms with Gasteiger partial charge >= 0.3 is 7.12 Å². The van der Waals surface area contributed by atoms with Gasteiger partial charge in [-0.1, -0.05) is 0 Å². The molecule has 0 saturated carbocycles. The van der Waals surface area contributed by atoms with E-state index in [2.05, 4.69) is 4.98 Å². The Labute approximate surface area is 117 Å². The van der Waals surface area contributed by atoms with Crippen molar-refractivity contribution in [1.29, 1.82) is 0 Å². The Morgan fingerprint density at radius 2 is 1.70 bits per heavy atom. The van der Waals surface area contributed by atoms with E-state index in [0.29, 0.717) is 0 Å². The van der Waals surface area contributed by atoms with Crippen LogP contribution >= 0.6 is 0 Å². The minimum atomic E-state index is -4.05. The van der Waals surface area contributed by atoms with Crippen LogP contribution in [0.15, 0.2) is 22.0 Å². The predicted octanol–water partition coefficient (Wildman–Crippen LogP) is -0.678. The van der Waals surface area contributed by atoms with Crippen molar-refractivity contribution in [2.45, 2.75) is 43.8 Å². The van der Waals surface area contributed by atoms with Crippen molar-refractivity contribution in [2.24, 2.45) is 5.14 Å². The maximum absolute atomic E-state index is 11.6. The number of pyridine rings is 1. The van der Waals surface area contributed by atoms with E-state index >= 15 is 0 Å². The van der Waals surface area contributed by atoms with Crippen molar-refractivity contribution in [1.82, 2.24) is 4.98 Å². The molecule has 0 spiro atoms. The first-order valence-electron chi connectivity index (χ1n) is 6.05. The van der Waals surface area contributed by atoms with E-state index in [4.69, 9.17) is 14.4 Å². The quantitative estimate of drug-likeness (QED) is 0.703. The van der Waals surface area contributed by atoms with Crippen molar-refractivity contribution in [2.75, 3.05) is 0 Å². The van der Waals surface area contributed by atoms with E-state index in [1.807, 2.05) is 27.7 Å². The zero-order valence-corrected chi connectivity index (χ0v) is 12.6. The Balaban J connectivity index is 2.54. The highest BCUT2D eigenvalue weighted by Gasteiger charge is 2.52. The maximum Gasteiger partial charge on any atom is 0.497 e. The molecule has 0 aliphatic carbocycles. The highest BCUT2D eigenvalue weighted by Crippen LogP contribution is 2.36. The van der Waals surface area contributed by atoms with Gasteiger partial charge in [-0.25, -0.2) is 13.6 Å². The fraction of sp³-hybridized carbons (Fsp3) is 0.545. The fourth-order valence-corrected chi connectivity index (χ4v) is 2.62. The van der Waals surface area contributed by atoms with Gasteiger partial charge in [0.2, 0.25) is 15.6 Å². The molecular formula is C11H17BN2O5S. The fourth-order valence-electron chi connectivity index (χ4n) is 1.86. The third-order valence-corrected chi connectivity index (χ3v) is 4.70. The van der Waals surface area contributed by atoms with Gasteiger partial charge in [-0.2, -0.15) is 0 Å². The number of rotatable bonds is 2. The number of H-pyrrole nitrogens is 1. The van der Waals surface area contributed by atoms with E-state index in [9.17, 15) is 13.2 Å². The molecule has 2 rings (SSSR count). The second kappa shape index (κ2) is 4.42. The Bertz CT molecular complexity index is 679. The van der Waals surface area contributed by atoms with Crippen LogP contribution in [0.2, 0.25) is 0 Å². The number of hydrogen-bond acceptors (Lipinski definition) is 5. The van der Waals surface area contributed by atoms with Crippen LogP contribution in [0.4, 0.5) is 0 Å². The lowest BCUT2D eigenvalue weighted by Crippen LogP contribution is -2.41. The number of nitrogens with two attached hydrogens (primary N) is 1. The number of aromatic nitrogens is 1. The summed E-state index contributed by atoms with van der Waals surface area (Å²) in [5.41, 5.74) is -1.62. The Hall–Kier alpha value is -1.16. The molecule has 1 saturated heterocycles. The van der Waals surface area contributed by atoms with Crippen molar-refractivity contribution in [3.63, 3.8) is 0 Å². The van der Waals surface area contributed by atoms with Gasteiger partial charge in [0.05, 0.1) is 16.1 Å². The van der Waals surface area contributed by atoms with Gasteiger partial charge < -0.3 is 14.3 Å². The highest BCUT2D eigenvalue weighted by molar-refractivity contribution is 7.89. The average Bonchev–Trinajstić information content (AvgIpc) is 2.46. The predicted molar refractivity (Wildman–Crippen MR) is 74.2 cm³/mol. The van der Waals surface area contributed by atoms with Crippen LogP contribution < -0.4 is 16.2 Å². The van der Waals surface area contributed by atoms with Crippen LogP contribution in [0.25, 0.3) is 0 Å². The van der Waals surface area contributed by atoms with Gasteiger partial charge in [-0.05, 0) is 27.7 Å². The van der Waals surface area contributed by atoms with Gasteiger partial charge in [0.25, 0.3) is 0 Å².